The van der Waals surface area contributed by atoms with Crippen LogP contribution in [-0.4, -0.2) is 32.3 Å². The minimum atomic E-state index is 0.0845. The van der Waals surface area contributed by atoms with Crippen molar-refractivity contribution in [2.24, 2.45) is 10.7 Å². The molecule has 86 valence electrons. The number of ether oxygens (including phenoxy) is 1. The standard InChI is InChI=1S/C11H14ClN3O/c1-15(6-8-7-16-11(13)14-8)10-5-3-2-4-9(10)12/h2-5,8H,6-7H2,1H3,(H2,13,14)/t8-/m0/s1. The molecule has 1 atom stereocenters. The van der Waals surface area contributed by atoms with Gasteiger partial charge < -0.3 is 15.4 Å². The number of amidine groups is 1. The Morgan fingerprint density at radius 2 is 2.31 bits per heavy atom. The third-order valence-corrected chi connectivity index (χ3v) is 2.80. The predicted octanol–water partition coefficient (Wildman–Crippen LogP) is 1.49. The molecule has 2 N–H and O–H groups in total. The summed E-state index contributed by atoms with van der Waals surface area (Å²) in [5.74, 6) is 0. The van der Waals surface area contributed by atoms with E-state index >= 15 is 0 Å². The summed E-state index contributed by atoms with van der Waals surface area (Å²) in [7, 11) is 1.98. The van der Waals surface area contributed by atoms with Gasteiger partial charge in [0.25, 0.3) is 6.02 Å². The van der Waals surface area contributed by atoms with Crippen molar-refractivity contribution in [1.82, 2.24) is 0 Å². The summed E-state index contributed by atoms with van der Waals surface area (Å²) in [6.07, 6.45) is 0. The van der Waals surface area contributed by atoms with E-state index in [1.807, 2.05) is 31.3 Å². The first kappa shape index (κ1) is 11.1. The lowest BCUT2D eigenvalue weighted by Gasteiger charge is -2.21. The molecule has 1 heterocycles. The van der Waals surface area contributed by atoms with Crippen molar-refractivity contribution < 1.29 is 4.74 Å². The van der Waals surface area contributed by atoms with Crippen molar-refractivity contribution in [1.29, 1.82) is 0 Å². The molecule has 0 saturated heterocycles. The van der Waals surface area contributed by atoms with Gasteiger partial charge in [-0.3, -0.25) is 0 Å². The van der Waals surface area contributed by atoms with Crippen LogP contribution in [0.15, 0.2) is 29.3 Å². The van der Waals surface area contributed by atoms with Gasteiger partial charge in [-0.15, -0.1) is 0 Å². The molecule has 0 fully saturated rings. The summed E-state index contributed by atoms with van der Waals surface area (Å²) in [6.45, 7) is 1.28. The van der Waals surface area contributed by atoms with Crippen LogP contribution in [0.1, 0.15) is 0 Å². The molecule has 0 amide bonds. The molecule has 1 aliphatic rings. The third-order valence-electron chi connectivity index (χ3n) is 2.48. The number of likely N-dealkylation sites (N-methyl/N-ethyl adjacent to an activating group) is 1. The normalized spacial score (nSPS) is 19.1. The molecule has 0 radical (unpaired) electrons. The highest BCUT2D eigenvalue weighted by molar-refractivity contribution is 6.33. The maximum atomic E-state index is 6.10. The van der Waals surface area contributed by atoms with Crippen molar-refractivity contribution in [3.63, 3.8) is 0 Å². The van der Waals surface area contributed by atoms with E-state index in [2.05, 4.69) is 9.89 Å². The Morgan fingerprint density at radius 1 is 1.56 bits per heavy atom. The Morgan fingerprint density at radius 3 is 2.94 bits per heavy atom. The molecule has 1 aromatic rings. The van der Waals surface area contributed by atoms with Gasteiger partial charge in [0, 0.05) is 13.6 Å². The molecule has 1 aromatic carbocycles. The van der Waals surface area contributed by atoms with Gasteiger partial charge in [0.1, 0.15) is 12.6 Å². The maximum Gasteiger partial charge on any atom is 0.282 e. The fourth-order valence-corrected chi connectivity index (χ4v) is 1.99. The second kappa shape index (κ2) is 4.61. The summed E-state index contributed by atoms with van der Waals surface area (Å²) in [5.41, 5.74) is 6.44. The zero-order chi connectivity index (χ0) is 11.5. The van der Waals surface area contributed by atoms with Crippen molar-refractivity contribution in [3.8, 4) is 0 Å². The van der Waals surface area contributed by atoms with E-state index in [1.165, 1.54) is 0 Å². The van der Waals surface area contributed by atoms with Gasteiger partial charge in [0.05, 0.1) is 10.7 Å². The van der Waals surface area contributed by atoms with Crippen LogP contribution in [-0.2, 0) is 4.74 Å². The molecular formula is C11H14ClN3O. The fourth-order valence-electron chi connectivity index (χ4n) is 1.71. The van der Waals surface area contributed by atoms with Gasteiger partial charge in [0.15, 0.2) is 0 Å². The van der Waals surface area contributed by atoms with E-state index in [9.17, 15) is 0 Å². The average Bonchev–Trinajstić information content (AvgIpc) is 2.64. The molecule has 0 bridgehead atoms. The lowest BCUT2D eigenvalue weighted by atomic mass is 10.2. The maximum absolute atomic E-state index is 6.10. The second-order valence-corrected chi connectivity index (χ2v) is 4.17. The molecule has 1 aliphatic heterocycles. The van der Waals surface area contributed by atoms with Gasteiger partial charge >= 0.3 is 0 Å². The summed E-state index contributed by atoms with van der Waals surface area (Å²) in [6, 6.07) is 8.08. The Balaban J connectivity index is 2.03. The lowest BCUT2D eigenvalue weighted by molar-refractivity contribution is 0.314. The Hall–Kier alpha value is -1.42. The smallest absolute Gasteiger partial charge is 0.282 e. The van der Waals surface area contributed by atoms with Gasteiger partial charge in [-0.2, -0.15) is 0 Å². The number of rotatable bonds is 3. The zero-order valence-corrected chi connectivity index (χ0v) is 9.81. The van der Waals surface area contributed by atoms with Crippen molar-refractivity contribution in [3.05, 3.63) is 29.3 Å². The average molecular weight is 240 g/mol. The van der Waals surface area contributed by atoms with Crippen LogP contribution < -0.4 is 10.6 Å². The number of aliphatic imine (C=N–C) groups is 1. The van der Waals surface area contributed by atoms with E-state index in [4.69, 9.17) is 22.1 Å². The SMILES string of the molecule is CN(C[C@H]1COC(N)=N1)c1ccccc1Cl. The van der Waals surface area contributed by atoms with Gasteiger partial charge in [-0.05, 0) is 12.1 Å². The Kier molecular flexibility index (Phi) is 3.19. The van der Waals surface area contributed by atoms with E-state index < -0.39 is 0 Å². The minimum absolute atomic E-state index is 0.0845. The van der Waals surface area contributed by atoms with Crippen molar-refractivity contribution in [2.45, 2.75) is 6.04 Å². The number of halogens is 1. The number of para-hydroxylation sites is 1. The summed E-state index contributed by atoms with van der Waals surface area (Å²) >= 11 is 6.10. The van der Waals surface area contributed by atoms with E-state index in [0.717, 1.165) is 17.3 Å². The molecular weight excluding hydrogens is 226 g/mol. The number of anilines is 1. The molecule has 0 aromatic heterocycles. The molecule has 0 saturated carbocycles. The molecule has 0 unspecified atom stereocenters. The Bertz CT molecular complexity index is 408. The number of benzene rings is 1. The first-order chi connectivity index (χ1) is 7.66. The molecule has 5 heteroatoms. The van der Waals surface area contributed by atoms with E-state index in [0.29, 0.717) is 6.61 Å². The van der Waals surface area contributed by atoms with Gasteiger partial charge in [-0.1, -0.05) is 23.7 Å². The Labute approximate surface area is 99.7 Å². The van der Waals surface area contributed by atoms with Crippen LogP contribution in [0.4, 0.5) is 5.69 Å². The highest BCUT2D eigenvalue weighted by Gasteiger charge is 2.19. The number of nitrogens with zero attached hydrogens (tertiary/aromatic N) is 2. The summed E-state index contributed by atoms with van der Waals surface area (Å²) in [5, 5.41) is 0.737. The second-order valence-electron chi connectivity index (χ2n) is 3.76. The van der Waals surface area contributed by atoms with Crippen LogP contribution in [0.25, 0.3) is 0 Å². The topological polar surface area (TPSA) is 50.9 Å². The number of hydrogen-bond donors (Lipinski definition) is 1. The first-order valence-electron chi connectivity index (χ1n) is 5.08. The van der Waals surface area contributed by atoms with Crippen LogP contribution >= 0.6 is 11.6 Å². The van der Waals surface area contributed by atoms with Crippen LogP contribution in [0.5, 0.6) is 0 Å². The molecule has 0 spiro atoms. The molecule has 4 nitrogen and oxygen atoms in total. The molecule has 16 heavy (non-hydrogen) atoms. The zero-order valence-electron chi connectivity index (χ0n) is 9.06. The summed E-state index contributed by atoms with van der Waals surface area (Å²) in [4.78, 5) is 6.23. The van der Waals surface area contributed by atoms with Crippen LogP contribution in [0.3, 0.4) is 0 Å². The lowest BCUT2D eigenvalue weighted by Crippen LogP contribution is -2.28. The van der Waals surface area contributed by atoms with Crippen LogP contribution in [0.2, 0.25) is 5.02 Å². The number of nitrogens with two attached hydrogens (primary N) is 1. The molecule has 0 aliphatic carbocycles. The highest BCUT2D eigenvalue weighted by atomic mass is 35.5. The van der Waals surface area contributed by atoms with Gasteiger partial charge in [-0.25, -0.2) is 4.99 Å². The quantitative estimate of drug-likeness (QED) is 0.870. The predicted molar refractivity (Wildman–Crippen MR) is 66.1 cm³/mol. The minimum Gasteiger partial charge on any atom is -0.463 e. The van der Waals surface area contributed by atoms with Crippen molar-refractivity contribution >= 4 is 23.3 Å². The van der Waals surface area contributed by atoms with Crippen molar-refractivity contribution in [2.75, 3.05) is 25.1 Å². The number of hydrogen-bond acceptors (Lipinski definition) is 4. The summed E-state index contributed by atoms with van der Waals surface area (Å²) < 4.78 is 5.10. The first-order valence-corrected chi connectivity index (χ1v) is 5.46. The van der Waals surface area contributed by atoms with Gasteiger partial charge in [0.2, 0.25) is 0 Å². The van der Waals surface area contributed by atoms with Crippen LogP contribution in [0, 0.1) is 0 Å². The largest absolute Gasteiger partial charge is 0.463 e. The third kappa shape index (κ3) is 2.39. The van der Waals surface area contributed by atoms with E-state index in [1.54, 1.807) is 0 Å². The highest BCUT2D eigenvalue weighted by Crippen LogP contribution is 2.24. The fraction of sp³-hybridized carbons (Fsp3) is 0.364. The monoisotopic (exact) mass is 239 g/mol. The van der Waals surface area contributed by atoms with E-state index in [-0.39, 0.29) is 12.1 Å². The molecule has 2 rings (SSSR count).